The number of para-hydroxylation sites is 1. The third kappa shape index (κ3) is 1.41. The number of carbonyl (C=O) groups excluding carboxylic acids is 1. The van der Waals surface area contributed by atoms with E-state index in [9.17, 15) is 4.79 Å². The molecule has 0 saturated carbocycles. The summed E-state index contributed by atoms with van der Waals surface area (Å²) in [5.41, 5.74) is 1.15. The lowest BCUT2D eigenvalue weighted by atomic mass is 9.98. The van der Waals surface area contributed by atoms with Crippen LogP contribution in [0.4, 0.5) is 11.4 Å². The summed E-state index contributed by atoms with van der Waals surface area (Å²) in [5.74, 6) is 0.737. The molecule has 1 aromatic carbocycles. The van der Waals surface area contributed by atoms with Crippen LogP contribution < -0.4 is 15.0 Å². The van der Waals surface area contributed by atoms with Crippen LogP contribution in [-0.2, 0) is 4.79 Å². The zero-order valence-electron chi connectivity index (χ0n) is 10.00. The lowest BCUT2D eigenvalue weighted by molar-refractivity contribution is -0.121. The van der Waals surface area contributed by atoms with Crippen LogP contribution in [0.1, 0.15) is 13.8 Å². The zero-order chi connectivity index (χ0) is 11.9. The van der Waals surface area contributed by atoms with Crippen molar-refractivity contribution >= 4 is 17.3 Å². The van der Waals surface area contributed by atoms with Crippen molar-refractivity contribution in [3.05, 3.63) is 18.2 Å². The second kappa shape index (κ2) is 3.40. The zero-order valence-corrected chi connectivity index (χ0v) is 10.00. The van der Waals surface area contributed by atoms with E-state index in [0.717, 1.165) is 11.4 Å². The van der Waals surface area contributed by atoms with Crippen molar-refractivity contribution in [2.45, 2.75) is 19.4 Å². The highest BCUT2D eigenvalue weighted by molar-refractivity contribution is 6.08. The number of methoxy groups -OCH3 is 1. The van der Waals surface area contributed by atoms with Gasteiger partial charge in [0.2, 0.25) is 0 Å². The van der Waals surface area contributed by atoms with Crippen LogP contribution in [0, 0.1) is 0 Å². The molecule has 16 heavy (non-hydrogen) atoms. The molecular weight excluding hydrogens is 204 g/mol. The number of hydrogen-bond acceptors (Lipinski definition) is 3. The van der Waals surface area contributed by atoms with E-state index in [0.29, 0.717) is 5.75 Å². The van der Waals surface area contributed by atoms with Crippen LogP contribution in [0.5, 0.6) is 5.75 Å². The smallest absolute Gasteiger partial charge is 0.251 e. The topological polar surface area (TPSA) is 41.6 Å². The molecule has 4 heteroatoms. The van der Waals surface area contributed by atoms with Gasteiger partial charge in [0, 0.05) is 7.05 Å². The molecule has 0 radical (unpaired) electrons. The average molecular weight is 220 g/mol. The Balaban J connectivity index is 2.59. The molecule has 1 aliphatic rings. The van der Waals surface area contributed by atoms with Gasteiger partial charge in [-0.3, -0.25) is 4.79 Å². The summed E-state index contributed by atoms with van der Waals surface area (Å²) in [6.07, 6.45) is 0. The molecule has 0 atom stereocenters. The number of amides is 1. The molecule has 86 valence electrons. The van der Waals surface area contributed by atoms with Crippen molar-refractivity contribution in [1.29, 1.82) is 0 Å². The van der Waals surface area contributed by atoms with Gasteiger partial charge < -0.3 is 15.0 Å². The fraction of sp³-hybridized carbons (Fsp3) is 0.417. The van der Waals surface area contributed by atoms with Gasteiger partial charge in [0.1, 0.15) is 17.0 Å². The Morgan fingerprint density at radius 2 is 2.06 bits per heavy atom. The summed E-state index contributed by atoms with van der Waals surface area (Å²) >= 11 is 0. The molecule has 0 unspecified atom stereocenters. The standard InChI is InChI=1S/C12H16N2O2/c1-12(2)11(15)14(3)10-8(13-12)6-5-7-9(10)16-4/h5-7,13H,1-4H3. The Morgan fingerprint density at radius 1 is 1.38 bits per heavy atom. The molecule has 1 aliphatic heterocycles. The van der Waals surface area contributed by atoms with Gasteiger partial charge in [0.05, 0.1) is 12.8 Å². The third-order valence-corrected chi connectivity index (χ3v) is 2.84. The summed E-state index contributed by atoms with van der Waals surface area (Å²) < 4.78 is 5.27. The largest absolute Gasteiger partial charge is 0.494 e. The molecule has 0 aliphatic carbocycles. The number of ether oxygens (including phenoxy) is 1. The second-order valence-electron chi connectivity index (χ2n) is 4.47. The minimum Gasteiger partial charge on any atom is -0.494 e. The van der Waals surface area contributed by atoms with Gasteiger partial charge in [-0.1, -0.05) is 6.07 Å². The van der Waals surface area contributed by atoms with E-state index in [4.69, 9.17) is 4.74 Å². The highest BCUT2D eigenvalue weighted by atomic mass is 16.5. The Hall–Kier alpha value is -1.71. The molecule has 1 N–H and O–H groups in total. The SMILES string of the molecule is COc1cccc2c1N(C)C(=O)C(C)(C)N2. The Bertz CT molecular complexity index is 441. The number of nitrogens with one attached hydrogen (secondary N) is 1. The van der Waals surface area contributed by atoms with Crippen molar-refractivity contribution in [2.75, 3.05) is 24.4 Å². The van der Waals surface area contributed by atoms with Crippen LogP contribution in [0.15, 0.2) is 18.2 Å². The number of likely N-dealkylation sites (N-methyl/N-ethyl adjacent to an activating group) is 1. The number of fused-ring (bicyclic) bond motifs is 1. The van der Waals surface area contributed by atoms with Gasteiger partial charge in [-0.2, -0.15) is 0 Å². The Morgan fingerprint density at radius 3 is 2.69 bits per heavy atom. The summed E-state index contributed by atoms with van der Waals surface area (Å²) in [4.78, 5) is 13.7. The first-order valence-corrected chi connectivity index (χ1v) is 5.20. The quantitative estimate of drug-likeness (QED) is 0.785. The maximum atomic E-state index is 12.1. The second-order valence-corrected chi connectivity index (χ2v) is 4.47. The Labute approximate surface area is 95.2 Å². The minimum absolute atomic E-state index is 0.0319. The van der Waals surface area contributed by atoms with Crippen LogP contribution in [0.25, 0.3) is 0 Å². The molecule has 0 saturated heterocycles. The first-order valence-electron chi connectivity index (χ1n) is 5.20. The molecule has 0 spiro atoms. The van der Waals surface area contributed by atoms with E-state index >= 15 is 0 Å². The maximum absolute atomic E-state index is 12.1. The molecule has 2 rings (SSSR count). The third-order valence-electron chi connectivity index (χ3n) is 2.84. The predicted octanol–water partition coefficient (Wildman–Crippen LogP) is 1.86. The van der Waals surface area contributed by atoms with Crippen LogP contribution in [-0.4, -0.2) is 25.6 Å². The van der Waals surface area contributed by atoms with Gasteiger partial charge in [0.15, 0.2) is 0 Å². The lowest BCUT2D eigenvalue weighted by Gasteiger charge is -2.38. The number of nitrogens with zero attached hydrogens (tertiary/aromatic N) is 1. The monoisotopic (exact) mass is 220 g/mol. The number of rotatable bonds is 1. The highest BCUT2D eigenvalue weighted by Gasteiger charge is 2.38. The van der Waals surface area contributed by atoms with Gasteiger partial charge in [0.25, 0.3) is 5.91 Å². The van der Waals surface area contributed by atoms with Gasteiger partial charge in [-0.05, 0) is 26.0 Å². The number of anilines is 2. The molecule has 1 heterocycles. The van der Waals surface area contributed by atoms with Gasteiger partial charge in [-0.25, -0.2) is 0 Å². The molecule has 0 bridgehead atoms. The van der Waals surface area contributed by atoms with Crippen molar-refractivity contribution in [3.8, 4) is 5.75 Å². The highest BCUT2D eigenvalue weighted by Crippen LogP contribution is 2.40. The van der Waals surface area contributed by atoms with E-state index in [-0.39, 0.29) is 5.91 Å². The minimum atomic E-state index is -0.575. The van der Waals surface area contributed by atoms with E-state index in [1.165, 1.54) is 0 Å². The summed E-state index contributed by atoms with van der Waals surface area (Å²) in [6, 6.07) is 5.70. The first-order chi connectivity index (χ1) is 7.47. The number of carbonyl (C=O) groups is 1. The fourth-order valence-electron chi connectivity index (χ4n) is 2.04. The van der Waals surface area contributed by atoms with Crippen LogP contribution in [0.3, 0.4) is 0 Å². The normalized spacial score (nSPS) is 17.8. The van der Waals surface area contributed by atoms with Crippen molar-refractivity contribution in [1.82, 2.24) is 0 Å². The molecule has 0 fully saturated rings. The van der Waals surface area contributed by atoms with Crippen molar-refractivity contribution in [2.24, 2.45) is 0 Å². The maximum Gasteiger partial charge on any atom is 0.251 e. The van der Waals surface area contributed by atoms with Crippen LogP contribution >= 0.6 is 0 Å². The van der Waals surface area contributed by atoms with Gasteiger partial charge in [-0.15, -0.1) is 0 Å². The molecule has 0 aromatic heterocycles. The van der Waals surface area contributed by atoms with E-state index < -0.39 is 5.54 Å². The number of benzene rings is 1. The summed E-state index contributed by atoms with van der Waals surface area (Å²) in [5, 5.41) is 3.22. The van der Waals surface area contributed by atoms with Crippen LogP contribution in [0.2, 0.25) is 0 Å². The van der Waals surface area contributed by atoms with Crippen molar-refractivity contribution in [3.63, 3.8) is 0 Å². The van der Waals surface area contributed by atoms with E-state index in [2.05, 4.69) is 5.32 Å². The summed E-state index contributed by atoms with van der Waals surface area (Å²) in [7, 11) is 3.37. The first kappa shape index (κ1) is 10.8. The lowest BCUT2D eigenvalue weighted by Crippen LogP contribution is -2.52. The number of hydrogen-bond donors (Lipinski definition) is 1. The fourth-order valence-corrected chi connectivity index (χ4v) is 2.04. The molecular formula is C12H16N2O2. The van der Waals surface area contributed by atoms with Crippen molar-refractivity contribution < 1.29 is 9.53 Å². The van der Waals surface area contributed by atoms with E-state index in [1.807, 2.05) is 32.0 Å². The predicted molar refractivity (Wildman–Crippen MR) is 64.1 cm³/mol. The molecule has 1 aromatic rings. The van der Waals surface area contributed by atoms with E-state index in [1.54, 1.807) is 19.1 Å². The molecule has 4 nitrogen and oxygen atoms in total. The summed E-state index contributed by atoms with van der Waals surface area (Å²) in [6.45, 7) is 3.74. The Kier molecular flexibility index (Phi) is 2.30. The van der Waals surface area contributed by atoms with Gasteiger partial charge >= 0.3 is 0 Å². The average Bonchev–Trinajstić information content (AvgIpc) is 2.24. The molecule has 1 amide bonds.